The van der Waals surface area contributed by atoms with Crippen LogP contribution in [0.4, 0.5) is 0 Å². The second-order valence-electron chi connectivity index (χ2n) is 6.63. The van der Waals surface area contributed by atoms with Crippen LogP contribution < -0.4 is 0 Å². The van der Waals surface area contributed by atoms with Crippen molar-refractivity contribution in [2.45, 2.75) is 32.3 Å². The fourth-order valence-corrected chi connectivity index (χ4v) is 4.74. The molecular formula is C22H24N2O5S. The summed E-state index contributed by atoms with van der Waals surface area (Å²) in [6, 6.07) is 14.0. The maximum Gasteiger partial charge on any atom is 0.338 e. The number of oxazole rings is 1. The number of aromatic nitrogens is 1. The third-order valence-electron chi connectivity index (χ3n) is 4.69. The van der Waals surface area contributed by atoms with Gasteiger partial charge in [-0.2, -0.15) is 4.31 Å². The van der Waals surface area contributed by atoms with Crippen molar-refractivity contribution in [3.63, 3.8) is 0 Å². The summed E-state index contributed by atoms with van der Waals surface area (Å²) in [5.41, 5.74) is 1.59. The van der Waals surface area contributed by atoms with E-state index in [0.29, 0.717) is 24.4 Å². The van der Waals surface area contributed by atoms with Gasteiger partial charge in [0.05, 0.1) is 16.7 Å². The molecule has 0 saturated carbocycles. The van der Waals surface area contributed by atoms with E-state index in [4.69, 9.17) is 9.15 Å². The summed E-state index contributed by atoms with van der Waals surface area (Å²) in [5, 5.41) is 0. The van der Waals surface area contributed by atoms with Crippen molar-refractivity contribution in [3.8, 4) is 11.3 Å². The minimum absolute atomic E-state index is 0.100. The normalized spacial score (nSPS) is 11.6. The van der Waals surface area contributed by atoms with Crippen molar-refractivity contribution < 1.29 is 22.4 Å². The van der Waals surface area contributed by atoms with E-state index in [9.17, 15) is 13.2 Å². The van der Waals surface area contributed by atoms with Crippen molar-refractivity contribution in [2.24, 2.45) is 0 Å². The van der Waals surface area contributed by atoms with Gasteiger partial charge in [0.2, 0.25) is 15.9 Å². The van der Waals surface area contributed by atoms with Crippen LogP contribution in [0, 0.1) is 6.92 Å². The summed E-state index contributed by atoms with van der Waals surface area (Å²) < 4.78 is 38.0. The maximum atomic E-state index is 12.9. The number of nitrogens with zero attached hydrogens (tertiary/aromatic N) is 2. The fourth-order valence-electron chi connectivity index (χ4n) is 3.03. The number of sulfonamides is 1. The number of hydrogen-bond donors (Lipinski definition) is 0. The quantitative estimate of drug-likeness (QED) is 0.503. The molecule has 0 saturated heterocycles. The van der Waals surface area contributed by atoms with Crippen molar-refractivity contribution >= 4 is 16.0 Å². The van der Waals surface area contributed by atoms with Crippen LogP contribution in [0.1, 0.15) is 35.7 Å². The lowest BCUT2D eigenvalue weighted by molar-refractivity contribution is 0.0438. The summed E-state index contributed by atoms with van der Waals surface area (Å²) in [7, 11) is -3.69. The molecule has 0 spiro atoms. The van der Waals surface area contributed by atoms with Gasteiger partial charge in [-0.3, -0.25) is 0 Å². The van der Waals surface area contributed by atoms with Gasteiger partial charge in [0.15, 0.2) is 12.4 Å². The molecule has 0 aliphatic heterocycles. The van der Waals surface area contributed by atoms with Crippen LogP contribution in [0.25, 0.3) is 11.3 Å². The molecule has 7 nitrogen and oxygen atoms in total. The molecule has 0 fully saturated rings. The highest BCUT2D eigenvalue weighted by molar-refractivity contribution is 7.89. The number of carbonyl (C=O) groups excluding carboxylic acids is 1. The first-order valence-electron chi connectivity index (χ1n) is 9.64. The molecule has 2 aromatic carbocycles. The molecule has 0 aliphatic carbocycles. The number of carbonyl (C=O) groups is 1. The lowest BCUT2D eigenvalue weighted by Crippen LogP contribution is -2.31. The molecule has 3 aromatic rings. The lowest BCUT2D eigenvalue weighted by atomic mass is 10.1. The largest absolute Gasteiger partial charge is 0.452 e. The van der Waals surface area contributed by atoms with E-state index in [1.54, 1.807) is 39.1 Å². The zero-order valence-corrected chi connectivity index (χ0v) is 18.0. The van der Waals surface area contributed by atoms with Crippen LogP contribution in [0.3, 0.4) is 0 Å². The predicted molar refractivity (Wildman–Crippen MR) is 112 cm³/mol. The van der Waals surface area contributed by atoms with Gasteiger partial charge in [-0.05, 0) is 24.6 Å². The number of benzene rings is 2. The summed E-state index contributed by atoms with van der Waals surface area (Å²) in [6.07, 6.45) is 1.57. The molecule has 8 heteroatoms. The molecule has 3 rings (SSSR count). The topological polar surface area (TPSA) is 89.7 Å². The predicted octanol–water partition coefficient (Wildman–Crippen LogP) is 4.04. The minimum Gasteiger partial charge on any atom is -0.452 e. The first kappa shape index (κ1) is 21.7. The van der Waals surface area contributed by atoms with E-state index in [2.05, 4.69) is 4.98 Å². The monoisotopic (exact) mass is 428 g/mol. The van der Waals surface area contributed by atoms with E-state index in [-0.39, 0.29) is 23.0 Å². The van der Waals surface area contributed by atoms with Crippen LogP contribution in [-0.4, -0.2) is 36.8 Å². The van der Waals surface area contributed by atoms with E-state index >= 15 is 0 Å². The minimum atomic E-state index is -3.69. The van der Waals surface area contributed by atoms with E-state index in [1.807, 2.05) is 30.3 Å². The Morgan fingerprint density at radius 2 is 1.80 bits per heavy atom. The van der Waals surface area contributed by atoms with Gasteiger partial charge in [-0.25, -0.2) is 18.2 Å². The molecule has 30 heavy (non-hydrogen) atoms. The molecule has 0 bridgehead atoms. The maximum absolute atomic E-state index is 12.9. The average Bonchev–Trinajstić information content (AvgIpc) is 3.22. The van der Waals surface area contributed by atoms with Gasteiger partial charge in [-0.1, -0.05) is 50.2 Å². The van der Waals surface area contributed by atoms with Crippen LogP contribution in [0.15, 0.2) is 64.0 Å². The fraction of sp³-hybridized carbons (Fsp3) is 0.273. The summed E-state index contributed by atoms with van der Waals surface area (Å²) in [5.74, 6) is 0.181. The SMILES string of the molecule is CCN(CC)S(=O)(=O)c1cc(C(=O)OCc2ncc(-c3ccccc3)o2)ccc1C. The molecule has 0 radical (unpaired) electrons. The standard InChI is InChI=1S/C22H24N2O5S/c1-4-24(5-2)30(26,27)20-13-18(12-11-16(20)3)22(25)28-15-21-23-14-19(29-21)17-9-7-6-8-10-17/h6-14H,4-5,15H2,1-3H3. The second-order valence-corrected chi connectivity index (χ2v) is 8.54. The van der Waals surface area contributed by atoms with Gasteiger partial charge in [0, 0.05) is 18.7 Å². The second kappa shape index (κ2) is 9.23. The lowest BCUT2D eigenvalue weighted by Gasteiger charge is -2.20. The van der Waals surface area contributed by atoms with Gasteiger partial charge < -0.3 is 9.15 Å². The van der Waals surface area contributed by atoms with E-state index in [0.717, 1.165) is 5.56 Å². The molecule has 1 heterocycles. The first-order chi connectivity index (χ1) is 14.4. The van der Waals surface area contributed by atoms with Crippen LogP contribution in [0.5, 0.6) is 0 Å². The number of rotatable bonds is 8. The Bertz CT molecular complexity index is 1120. The van der Waals surface area contributed by atoms with E-state index in [1.165, 1.54) is 10.4 Å². The van der Waals surface area contributed by atoms with Crippen molar-refractivity contribution in [3.05, 3.63) is 71.7 Å². The highest BCUT2D eigenvalue weighted by atomic mass is 32.2. The first-order valence-corrected chi connectivity index (χ1v) is 11.1. The van der Waals surface area contributed by atoms with Crippen LogP contribution in [-0.2, 0) is 21.4 Å². The Morgan fingerprint density at radius 3 is 2.47 bits per heavy atom. The molecule has 0 aliphatic rings. The molecular weight excluding hydrogens is 404 g/mol. The number of ether oxygens (including phenoxy) is 1. The molecule has 0 atom stereocenters. The van der Waals surface area contributed by atoms with Gasteiger partial charge in [-0.15, -0.1) is 0 Å². The Hall–Kier alpha value is -2.97. The summed E-state index contributed by atoms with van der Waals surface area (Å²) in [4.78, 5) is 16.7. The Morgan fingerprint density at radius 1 is 1.10 bits per heavy atom. The third kappa shape index (κ3) is 4.60. The molecule has 158 valence electrons. The van der Waals surface area contributed by atoms with Gasteiger partial charge in [0.1, 0.15) is 0 Å². The van der Waals surface area contributed by atoms with Gasteiger partial charge >= 0.3 is 5.97 Å². The van der Waals surface area contributed by atoms with E-state index < -0.39 is 16.0 Å². The molecule has 0 unspecified atom stereocenters. The summed E-state index contributed by atoms with van der Waals surface area (Å²) >= 11 is 0. The molecule has 0 N–H and O–H groups in total. The zero-order chi connectivity index (χ0) is 21.7. The van der Waals surface area contributed by atoms with Crippen molar-refractivity contribution in [1.29, 1.82) is 0 Å². The average molecular weight is 429 g/mol. The zero-order valence-electron chi connectivity index (χ0n) is 17.2. The Labute approximate surface area is 176 Å². The number of aryl methyl sites for hydroxylation is 1. The Balaban J connectivity index is 1.74. The smallest absolute Gasteiger partial charge is 0.338 e. The van der Waals surface area contributed by atoms with Gasteiger partial charge in [0.25, 0.3) is 0 Å². The Kier molecular flexibility index (Phi) is 6.69. The number of esters is 1. The van der Waals surface area contributed by atoms with Crippen LogP contribution >= 0.6 is 0 Å². The highest BCUT2D eigenvalue weighted by Crippen LogP contribution is 2.23. The highest BCUT2D eigenvalue weighted by Gasteiger charge is 2.25. The summed E-state index contributed by atoms with van der Waals surface area (Å²) in [6.45, 7) is 5.78. The third-order valence-corrected chi connectivity index (χ3v) is 6.88. The number of hydrogen-bond acceptors (Lipinski definition) is 6. The van der Waals surface area contributed by atoms with Crippen molar-refractivity contribution in [2.75, 3.05) is 13.1 Å². The van der Waals surface area contributed by atoms with Crippen molar-refractivity contribution in [1.82, 2.24) is 9.29 Å². The molecule has 1 aromatic heterocycles. The molecule has 0 amide bonds. The van der Waals surface area contributed by atoms with Crippen LogP contribution in [0.2, 0.25) is 0 Å².